The molecule has 0 spiro atoms. The van der Waals surface area contributed by atoms with E-state index >= 15 is 0 Å². The van der Waals surface area contributed by atoms with Crippen LogP contribution in [0.1, 0.15) is 57.2 Å². The van der Waals surface area contributed by atoms with Crippen LogP contribution in [0.4, 0.5) is 0 Å². The lowest BCUT2D eigenvalue weighted by molar-refractivity contribution is 0.294. The van der Waals surface area contributed by atoms with Crippen LogP contribution in [0.3, 0.4) is 0 Å². The van der Waals surface area contributed by atoms with Gasteiger partial charge in [0.2, 0.25) is 0 Å². The number of nitrogens with two attached hydrogens (primary N) is 1. The molecule has 0 aromatic carbocycles. The molecule has 1 atom stereocenters. The molecule has 1 heterocycles. The summed E-state index contributed by atoms with van der Waals surface area (Å²) in [7, 11) is 0. The van der Waals surface area contributed by atoms with E-state index in [1.54, 1.807) is 0 Å². The zero-order valence-corrected chi connectivity index (χ0v) is 12.6. The standard InChI is InChI=1S/C13H23BrN4/c1-2-18-13(11(14)9-16-18)12(17-15)8-10-6-4-3-5-7-10/h9-10,12,17H,2-8,15H2,1H3. The quantitative estimate of drug-likeness (QED) is 0.648. The van der Waals surface area contributed by atoms with Gasteiger partial charge < -0.3 is 0 Å². The summed E-state index contributed by atoms with van der Waals surface area (Å²) in [6.45, 7) is 2.99. The Kier molecular flexibility index (Phi) is 5.21. The third-order valence-corrected chi connectivity index (χ3v) is 4.57. The topological polar surface area (TPSA) is 55.9 Å². The van der Waals surface area contributed by atoms with Gasteiger partial charge in [-0.2, -0.15) is 5.10 Å². The number of hydrazine groups is 1. The maximum Gasteiger partial charge on any atom is 0.0709 e. The molecule has 5 heteroatoms. The zero-order chi connectivity index (χ0) is 13.0. The van der Waals surface area contributed by atoms with Crippen molar-refractivity contribution in [3.8, 4) is 0 Å². The molecule has 1 unspecified atom stereocenters. The van der Waals surface area contributed by atoms with E-state index < -0.39 is 0 Å². The van der Waals surface area contributed by atoms with Gasteiger partial charge in [-0.05, 0) is 35.2 Å². The maximum absolute atomic E-state index is 5.76. The first-order chi connectivity index (χ1) is 8.76. The summed E-state index contributed by atoms with van der Waals surface area (Å²) in [5, 5.41) is 4.37. The van der Waals surface area contributed by atoms with Gasteiger partial charge in [0.1, 0.15) is 0 Å². The molecule has 1 saturated carbocycles. The van der Waals surface area contributed by atoms with Crippen molar-refractivity contribution < 1.29 is 0 Å². The average Bonchev–Trinajstić information content (AvgIpc) is 2.78. The van der Waals surface area contributed by atoms with Crippen LogP contribution in [0.2, 0.25) is 0 Å². The normalized spacial score (nSPS) is 19.1. The van der Waals surface area contributed by atoms with E-state index in [0.717, 1.165) is 23.4 Å². The molecule has 0 amide bonds. The van der Waals surface area contributed by atoms with Gasteiger partial charge >= 0.3 is 0 Å². The fourth-order valence-corrected chi connectivity index (χ4v) is 3.56. The fourth-order valence-electron chi connectivity index (χ4n) is 2.99. The lowest BCUT2D eigenvalue weighted by atomic mass is 9.84. The molecule has 0 saturated heterocycles. The number of aryl methyl sites for hydroxylation is 1. The van der Waals surface area contributed by atoms with Gasteiger partial charge in [-0.25, -0.2) is 0 Å². The molecule has 1 fully saturated rings. The zero-order valence-electron chi connectivity index (χ0n) is 11.0. The molecular weight excluding hydrogens is 292 g/mol. The van der Waals surface area contributed by atoms with E-state index in [1.807, 2.05) is 10.9 Å². The summed E-state index contributed by atoms with van der Waals surface area (Å²) in [6, 6.07) is 0.199. The predicted molar refractivity (Wildman–Crippen MR) is 76.9 cm³/mol. The van der Waals surface area contributed by atoms with Crippen molar-refractivity contribution in [2.45, 2.75) is 58.0 Å². The van der Waals surface area contributed by atoms with Crippen molar-refractivity contribution in [1.82, 2.24) is 15.2 Å². The number of halogens is 1. The van der Waals surface area contributed by atoms with E-state index in [1.165, 1.54) is 37.8 Å². The van der Waals surface area contributed by atoms with Gasteiger partial charge in [0, 0.05) is 6.54 Å². The Morgan fingerprint density at radius 3 is 2.83 bits per heavy atom. The van der Waals surface area contributed by atoms with Crippen molar-refractivity contribution in [2.24, 2.45) is 11.8 Å². The van der Waals surface area contributed by atoms with Gasteiger partial charge in [-0.15, -0.1) is 0 Å². The molecule has 1 aliphatic carbocycles. The van der Waals surface area contributed by atoms with Crippen molar-refractivity contribution in [2.75, 3.05) is 0 Å². The molecule has 102 valence electrons. The number of aromatic nitrogens is 2. The molecule has 4 nitrogen and oxygen atoms in total. The Morgan fingerprint density at radius 1 is 1.50 bits per heavy atom. The monoisotopic (exact) mass is 314 g/mol. The molecule has 2 rings (SSSR count). The average molecular weight is 315 g/mol. The summed E-state index contributed by atoms with van der Waals surface area (Å²) in [5.41, 5.74) is 4.16. The number of nitrogens with one attached hydrogen (secondary N) is 1. The highest BCUT2D eigenvalue weighted by atomic mass is 79.9. The smallest absolute Gasteiger partial charge is 0.0709 e. The molecule has 1 aromatic rings. The predicted octanol–water partition coefficient (Wildman–Crippen LogP) is 3.14. The van der Waals surface area contributed by atoms with Crippen LogP contribution in [-0.4, -0.2) is 9.78 Å². The van der Waals surface area contributed by atoms with Crippen LogP contribution in [0.25, 0.3) is 0 Å². The minimum absolute atomic E-state index is 0.199. The molecule has 0 aliphatic heterocycles. The Morgan fingerprint density at radius 2 is 2.22 bits per heavy atom. The van der Waals surface area contributed by atoms with Crippen molar-refractivity contribution in [3.63, 3.8) is 0 Å². The van der Waals surface area contributed by atoms with E-state index in [-0.39, 0.29) is 6.04 Å². The number of hydrogen-bond donors (Lipinski definition) is 2. The van der Waals surface area contributed by atoms with Crippen LogP contribution in [-0.2, 0) is 6.54 Å². The minimum Gasteiger partial charge on any atom is -0.271 e. The second-order valence-electron chi connectivity index (χ2n) is 5.15. The van der Waals surface area contributed by atoms with E-state index in [9.17, 15) is 0 Å². The fraction of sp³-hybridized carbons (Fsp3) is 0.769. The lowest BCUT2D eigenvalue weighted by Crippen LogP contribution is -2.32. The molecule has 18 heavy (non-hydrogen) atoms. The Labute approximate surface area is 117 Å². The molecule has 0 radical (unpaired) electrons. The van der Waals surface area contributed by atoms with Gasteiger partial charge in [0.05, 0.1) is 22.4 Å². The van der Waals surface area contributed by atoms with Gasteiger partial charge in [0.15, 0.2) is 0 Å². The minimum atomic E-state index is 0.199. The summed E-state index contributed by atoms with van der Waals surface area (Å²) in [6.07, 6.45) is 9.80. The second-order valence-corrected chi connectivity index (χ2v) is 6.01. The van der Waals surface area contributed by atoms with E-state index in [4.69, 9.17) is 5.84 Å². The summed E-state index contributed by atoms with van der Waals surface area (Å²) in [4.78, 5) is 0. The van der Waals surface area contributed by atoms with E-state index in [2.05, 4.69) is 33.4 Å². The van der Waals surface area contributed by atoms with Crippen LogP contribution in [0, 0.1) is 5.92 Å². The lowest BCUT2D eigenvalue weighted by Gasteiger charge is -2.26. The first-order valence-corrected chi connectivity index (χ1v) is 7.72. The highest BCUT2D eigenvalue weighted by Gasteiger charge is 2.23. The van der Waals surface area contributed by atoms with Crippen molar-refractivity contribution >= 4 is 15.9 Å². The summed E-state index contributed by atoms with van der Waals surface area (Å²) >= 11 is 3.59. The van der Waals surface area contributed by atoms with Gasteiger partial charge in [-0.1, -0.05) is 32.1 Å². The number of nitrogens with zero attached hydrogens (tertiary/aromatic N) is 2. The van der Waals surface area contributed by atoms with Crippen LogP contribution >= 0.6 is 15.9 Å². The molecule has 1 aliphatic rings. The van der Waals surface area contributed by atoms with Crippen LogP contribution in [0.5, 0.6) is 0 Å². The Bertz CT molecular complexity index is 371. The van der Waals surface area contributed by atoms with Crippen molar-refractivity contribution in [3.05, 3.63) is 16.4 Å². The molecular formula is C13H23BrN4. The third-order valence-electron chi connectivity index (χ3n) is 3.96. The summed E-state index contributed by atoms with van der Waals surface area (Å²) < 4.78 is 3.08. The molecule has 0 bridgehead atoms. The highest BCUT2D eigenvalue weighted by Crippen LogP contribution is 2.33. The largest absolute Gasteiger partial charge is 0.271 e. The SMILES string of the molecule is CCn1ncc(Br)c1C(CC1CCCCC1)NN. The number of hydrogen-bond acceptors (Lipinski definition) is 3. The maximum atomic E-state index is 5.76. The second kappa shape index (κ2) is 6.68. The van der Waals surface area contributed by atoms with E-state index in [0.29, 0.717) is 0 Å². The molecule has 1 aromatic heterocycles. The van der Waals surface area contributed by atoms with Crippen molar-refractivity contribution in [1.29, 1.82) is 0 Å². The van der Waals surface area contributed by atoms with Crippen LogP contribution < -0.4 is 11.3 Å². The summed E-state index contributed by atoms with van der Waals surface area (Å²) in [5.74, 6) is 6.56. The third kappa shape index (κ3) is 3.13. The highest BCUT2D eigenvalue weighted by molar-refractivity contribution is 9.10. The Hall–Kier alpha value is -0.390. The van der Waals surface area contributed by atoms with Gasteiger partial charge in [-0.3, -0.25) is 16.0 Å². The van der Waals surface area contributed by atoms with Crippen LogP contribution in [0.15, 0.2) is 10.7 Å². The number of rotatable bonds is 5. The molecule has 3 N–H and O–H groups in total. The Balaban J connectivity index is 2.09. The van der Waals surface area contributed by atoms with Gasteiger partial charge in [0.25, 0.3) is 0 Å². The first-order valence-electron chi connectivity index (χ1n) is 6.93. The first kappa shape index (κ1) is 14.0.